The number of likely N-dealkylation sites (N-methyl/N-ethyl adjacent to an activating group) is 1. The van der Waals surface area contributed by atoms with Crippen LogP contribution in [0.4, 0.5) is 0 Å². The van der Waals surface area contributed by atoms with Crippen LogP contribution in [0.25, 0.3) is 0 Å². The van der Waals surface area contributed by atoms with Crippen LogP contribution in [-0.2, 0) is 17.9 Å². The van der Waals surface area contributed by atoms with Gasteiger partial charge in [-0.15, -0.1) is 0 Å². The van der Waals surface area contributed by atoms with Crippen molar-refractivity contribution < 1.29 is 14.4 Å². The number of aryl methyl sites for hydroxylation is 2. The van der Waals surface area contributed by atoms with E-state index in [1.807, 2.05) is 50.1 Å². The maximum Gasteiger partial charge on any atom is 0.256 e. The fourth-order valence-corrected chi connectivity index (χ4v) is 3.65. The molecule has 0 radical (unpaired) electrons. The van der Waals surface area contributed by atoms with Crippen molar-refractivity contribution in [1.82, 2.24) is 15.0 Å². The molecule has 1 N–H and O–H groups in total. The average molecular weight is 357 g/mol. The van der Waals surface area contributed by atoms with Crippen molar-refractivity contribution in [2.75, 3.05) is 20.1 Å². The van der Waals surface area contributed by atoms with Crippen molar-refractivity contribution >= 4 is 5.91 Å². The van der Waals surface area contributed by atoms with Crippen molar-refractivity contribution in [2.45, 2.75) is 45.4 Å². The third-order valence-electron chi connectivity index (χ3n) is 4.79. The molecule has 2 aromatic rings. The minimum atomic E-state index is -1.36. The van der Waals surface area contributed by atoms with E-state index in [-0.39, 0.29) is 12.5 Å². The van der Waals surface area contributed by atoms with Gasteiger partial charge in [-0.05, 0) is 39.3 Å². The Morgan fingerprint density at radius 3 is 2.85 bits per heavy atom. The summed E-state index contributed by atoms with van der Waals surface area (Å²) < 4.78 is 5.23. The predicted molar refractivity (Wildman–Crippen MR) is 98.4 cm³/mol. The summed E-state index contributed by atoms with van der Waals surface area (Å²) in [6.07, 6.45) is 1.28. The number of amides is 1. The Morgan fingerprint density at radius 1 is 1.35 bits per heavy atom. The molecule has 0 aliphatic carbocycles. The number of aliphatic hydroxyl groups is 1. The van der Waals surface area contributed by atoms with Crippen LogP contribution < -0.4 is 0 Å². The quantitative estimate of drug-likeness (QED) is 0.859. The van der Waals surface area contributed by atoms with Crippen LogP contribution in [0.3, 0.4) is 0 Å². The third-order valence-corrected chi connectivity index (χ3v) is 4.79. The Kier molecular flexibility index (Phi) is 5.44. The van der Waals surface area contributed by atoms with E-state index >= 15 is 0 Å². The van der Waals surface area contributed by atoms with Gasteiger partial charge >= 0.3 is 0 Å². The third kappa shape index (κ3) is 4.31. The number of hydrogen-bond donors (Lipinski definition) is 1. The topological polar surface area (TPSA) is 69.8 Å². The molecule has 26 heavy (non-hydrogen) atoms. The summed E-state index contributed by atoms with van der Waals surface area (Å²) in [5.74, 6) is 0.541. The van der Waals surface area contributed by atoms with Gasteiger partial charge in [0.15, 0.2) is 11.4 Å². The Balaban J connectivity index is 1.65. The maximum absolute atomic E-state index is 12.9. The van der Waals surface area contributed by atoms with Crippen molar-refractivity contribution in [2.24, 2.45) is 0 Å². The highest BCUT2D eigenvalue weighted by atomic mass is 16.5. The first kappa shape index (κ1) is 18.6. The number of aromatic nitrogens is 1. The molecule has 1 fully saturated rings. The summed E-state index contributed by atoms with van der Waals surface area (Å²) in [5.41, 5.74) is 1.73. The summed E-state index contributed by atoms with van der Waals surface area (Å²) >= 11 is 0. The molecule has 1 amide bonds. The molecule has 1 aliphatic rings. The molecule has 1 saturated heterocycles. The minimum absolute atomic E-state index is 0.189. The number of benzene rings is 1. The zero-order valence-electron chi connectivity index (χ0n) is 15.7. The molecule has 0 bridgehead atoms. The number of carbonyl (C=O) groups is 1. The summed E-state index contributed by atoms with van der Waals surface area (Å²) in [6, 6.07) is 10.0. The van der Waals surface area contributed by atoms with Crippen LogP contribution in [-0.4, -0.2) is 51.7 Å². The van der Waals surface area contributed by atoms with Crippen LogP contribution in [0.1, 0.15) is 35.4 Å². The van der Waals surface area contributed by atoms with Gasteiger partial charge in [0.1, 0.15) is 0 Å². The molecule has 1 aliphatic heterocycles. The lowest BCUT2D eigenvalue weighted by molar-refractivity contribution is -0.160. The number of rotatable bonds is 6. The van der Waals surface area contributed by atoms with Gasteiger partial charge < -0.3 is 14.5 Å². The molecule has 6 nitrogen and oxygen atoms in total. The lowest BCUT2D eigenvalue weighted by Crippen LogP contribution is -2.57. The zero-order valence-corrected chi connectivity index (χ0v) is 15.7. The van der Waals surface area contributed by atoms with E-state index in [0.717, 1.165) is 23.4 Å². The molecule has 0 saturated carbocycles. The molecule has 0 spiro atoms. The molecule has 1 aromatic carbocycles. The summed E-state index contributed by atoms with van der Waals surface area (Å²) in [6.45, 7) is 5.91. The number of nitrogens with zero attached hydrogens (tertiary/aromatic N) is 3. The lowest BCUT2D eigenvalue weighted by Gasteiger charge is -2.40. The monoisotopic (exact) mass is 357 g/mol. The SMILES string of the molecule is Cc1cccc(CN2CCCC(O)(CN(C)Cc3cc(C)no3)C2=O)c1. The van der Waals surface area contributed by atoms with E-state index < -0.39 is 5.60 Å². The Hall–Kier alpha value is -2.18. The summed E-state index contributed by atoms with van der Waals surface area (Å²) in [5, 5.41) is 14.9. The second-order valence-electron chi connectivity index (χ2n) is 7.46. The van der Waals surface area contributed by atoms with Gasteiger partial charge in [-0.1, -0.05) is 35.0 Å². The molecular formula is C20H27N3O3. The fraction of sp³-hybridized carbons (Fsp3) is 0.500. The van der Waals surface area contributed by atoms with Gasteiger partial charge in [-0.3, -0.25) is 9.69 Å². The first-order valence-corrected chi connectivity index (χ1v) is 9.04. The van der Waals surface area contributed by atoms with Crippen LogP contribution in [0.2, 0.25) is 0 Å². The Bertz CT molecular complexity index is 773. The maximum atomic E-state index is 12.9. The molecular weight excluding hydrogens is 330 g/mol. The highest BCUT2D eigenvalue weighted by molar-refractivity contribution is 5.86. The first-order valence-electron chi connectivity index (χ1n) is 9.04. The summed E-state index contributed by atoms with van der Waals surface area (Å²) in [7, 11) is 1.88. The molecule has 1 unspecified atom stereocenters. The van der Waals surface area contributed by atoms with E-state index in [9.17, 15) is 9.90 Å². The molecule has 140 valence electrons. The number of piperidine rings is 1. The standard InChI is InChI=1S/C20H27N3O3/c1-15-6-4-7-17(10-15)12-23-9-5-8-20(25,19(23)24)14-22(3)13-18-11-16(2)21-26-18/h4,6-7,10-11,25H,5,8-9,12-14H2,1-3H3. The highest BCUT2D eigenvalue weighted by Gasteiger charge is 2.42. The van der Waals surface area contributed by atoms with Gasteiger partial charge in [-0.25, -0.2) is 0 Å². The van der Waals surface area contributed by atoms with Crippen LogP contribution >= 0.6 is 0 Å². The molecule has 1 atom stereocenters. The molecule has 2 heterocycles. The number of hydrogen-bond acceptors (Lipinski definition) is 5. The van der Waals surface area contributed by atoms with E-state index in [0.29, 0.717) is 26.1 Å². The van der Waals surface area contributed by atoms with Gasteiger partial charge in [0.05, 0.1) is 12.2 Å². The Morgan fingerprint density at radius 2 is 2.15 bits per heavy atom. The van der Waals surface area contributed by atoms with Crippen molar-refractivity contribution in [3.8, 4) is 0 Å². The predicted octanol–water partition coefficient (Wildman–Crippen LogP) is 2.28. The van der Waals surface area contributed by atoms with Crippen LogP contribution in [0.5, 0.6) is 0 Å². The van der Waals surface area contributed by atoms with Gasteiger partial charge in [0.2, 0.25) is 0 Å². The van der Waals surface area contributed by atoms with E-state index in [2.05, 4.69) is 11.2 Å². The highest BCUT2D eigenvalue weighted by Crippen LogP contribution is 2.25. The molecule has 6 heteroatoms. The average Bonchev–Trinajstić information content (AvgIpc) is 2.97. The number of likely N-dealkylation sites (tertiary alicyclic amines) is 1. The summed E-state index contributed by atoms with van der Waals surface area (Å²) in [4.78, 5) is 16.6. The smallest absolute Gasteiger partial charge is 0.256 e. The lowest BCUT2D eigenvalue weighted by atomic mass is 9.90. The van der Waals surface area contributed by atoms with Gasteiger partial charge in [-0.2, -0.15) is 0 Å². The zero-order chi connectivity index (χ0) is 18.7. The molecule has 1 aromatic heterocycles. The van der Waals surface area contributed by atoms with Crippen molar-refractivity contribution in [1.29, 1.82) is 0 Å². The minimum Gasteiger partial charge on any atom is -0.379 e. The van der Waals surface area contributed by atoms with Gasteiger partial charge in [0, 0.05) is 25.7 Å². The number of carbonyl (C=O) groups excluding carboxylic acids is 1. The van der Waals surface area contributed by atoms with Gasteiger partial charge in [0.25, 0.3) is 5.91 Å². The normalized spacial score (nSPS) is 20.8. The van der Waals surface area contributed by atoms with E-state index in [4.69, 9.17) is 4.52 Å². The van der Waals surface area contributed by atoms with Crippen LogP contribution in [0.15, 0.2) is 34.9 Å². The van der Waals surface area contributed by atoms with E-state index in [1.54, 1.807) is 4.90 Å². The molecule has 3 rings (SSSR count). The largest absolute Gasteiger partial charge is 0.379 e. The second kappa shape index (κ2) is 7.60. The first-order chi connectivity index (χ1) is 12.4. The van der Waals surface area contributed by atoms with E-state index in [1.165, 1.54) is 5.56 Å². The Labute approximate surface area is 154 Å². The van der Waals surface area contributed by atoms with Crippen LogP contribution in [0, 0.1) is 13.8 Å². The second-order valence-corrected chi connectivity index (χ2v) is 7.46. The fourth-order valence-electron chi connectivity index (χ4n) is 3.65. The van der Waals surface area contributed by atoms with Crippen molar-refractivity contribution in [3.63, 3.8) is 0 Å². The van der Waals surface area contributed by atoms with Crippen molar-refractivity contribution in [3.05, 3.63) is 52.9 Å².